The fraction of sp³-hybridized carbons (Fsp3) is 0.400. The number of esters is 1. The Balaban J connectivity index is 3.07. The van der Waals surface area contributed by atoms with Gasteiger partial charge in [-0.25, -0.2) is 4.98 Å². The zero-order valence-corrected chi connectivity index (χ0v) is 10.8. The van der Waals surface area contributed by atoms with Crippen LogP contribution < -0.4 is 4.90 Å². The van der Waals surface area contributed by atoms with Crippen molar-refractivity contribution in [3.8, 4) is 0 Å². The zero-order chi connectivity index (χ0) is 15.3. The maximum Gasteiger partial charge on any atom is 0.325 e. The van der Waals surface area contributed by atoms with Gasteiger partial charge in [0.1, 0.15) is 12.7 Å². The van der Waals surface area contributed by atoms with E-state index in [2.05, 4.69) is 4.98 Å². The Bertz CT molecular complexity index is 547. The van der Waals surface area contributed by atoms with Gasteiger partial charge in [0, 0.05) is 7.05 Å². The molecule has 0 aliphatic carbocycles. The lowest BCUT2D eigenvalue weighted by molar-refractivity contribution is -0.394. The summed E-state index contributed by atoms with van der Waals surface area (Å²) in [7, 11) is 1.40. The molecule has 0 spiro atoms. The van der Waals surface area contributed by atoms with Crippen LogP contribution in [0.15, 0.2) is 12.3 Å². The summed E-state index contributed by atoms with van der Waals surface area (Å²) in [6.07, 6.45) is 0.893. The molecular weight excluding hydrogens is 272 g/mol. The first-order chi connectivity index (χ1) is 9.36. The Hall–Kier alpha value is -2.78. The molecule has 0 aromatic carbocycles. The molecule has 20 heavy (non-hydrogen) atoms. The predicted octanol–water partition coefficient (Wildman–Crippen LogP) is 0.897. The summed E-state index contributed by atoms with van der Waals surface area (Å²) >= 11 is 0. The van der Waals surface area contributed by atoms with Gasteiger partial charge in [0.05, 0.1) is 22.5 Å². The van der Waals surface area contributed by atoms with E-state index >= 15 is 0 Å². The summed E-state index contributed by atoms with van der Waals surface area (Å²) in [5.74, 6) is -0.724. The van der Waals surface area contributed by atoms with E-state index in [-0.39, 0.29) is 19.0 Å². The minimum absolute atomic E-state index is 0.145. The van der Waals surface area contributed by atoms with E-state index in [1.807, 2.05) is 0 Å². The predicted molar refractivity (Wildman–Crippen MR) is 67.4 cm³/mol. The van der Waals surface area contributed by atoms with Crippen LogP contribution >= 0.6 is 0 Å². The van der Waals surface area contributed by atoms with Crippen LogP contribution in [0.3, 0.4) is 0 Å². The number of aromatic nitrogens is 1. The van der Waals surface area contributed by atoms with Crippen LogP contribution in [0.25, 0.3) is 0 Å². The van der Waals surface area contributed by atoms with Crippen LogP contribution in [0, 0.1) is 20.2 Å². The molecule has 10 heteroatoms. The molecule has 108 valence electrons. The SMILES string of the molecule is CCOC(=O)CN(C)c1ncc([N+](=O)[O-])cc1[N+](=O)[O-]. The summed E-state index contributed by atoms with van der Waals surface area (Å²) in [5.41, 5.74) is -1.05. The monoisotopic (exact) mass is 284 g/mol. The molecule has 0 atom stereocenters. The highest BCUT2D eigenvalue weighted by Gasteiger charge is 2.24. The highest BCUT2D eigenvalue weighted by atomic mass is 16.6. The number of ether oxygens (including phenoxy) is 1. The van der Waals surface area contributed by atoms with Crippen LogP contribution in [0.4, 0.5) is 17.2 Å². The molecule has 0 bridgehead atoms. The highest BCUT2D eigenvalue weighted by molar-refractivity contribution is 5.76. The average Bonchev–Trinajstić information content (AvgIpc) is 2.37. The fourth-order valence-electron chi connectivity index (χ4n) is 1.44. The van der Waals surface area contributed by atoms with E-state index in [9.17, 15) is 25.0 Å². The van der Waals surface area contributed by atoms with Gasteiger partial charge in [0.2, 0.25) is 5.82 Å². The molecule has 0 N–H and O–H groups in total. The van der Waals surface area contributed by atoms with Gasteiger partial charge in [-0.1, -0.05) is 0 Å². The number of likely N-dealkylation sites (N-methyl/N-ethyl adjacent to an activating group) is 1. The third-order valence-electron chi connectivity index (χ3n) is 2.27. The lowest BCUT2D eigenvalue weighted by Crippen LogP contribution is -2.28. The Labute approximate surface area is 113 Å². The Kier molecular flexibility index (Phi) is 4.89. The van der Waals surface area contributed by atoms with Crippen LogP contribution in [-0.4, -0.2) is 41.0 Å². The van der Waals surface area contributed by atoms with Gasteiger partial charge >= 0.3 is 11.7 Å². The summed E-state index contributed by atoms with van der Waals surface area (Å²) in [4.78, 5) is 36.1. The van der Waals surface area contributed by atoms with Crippen molar-refractivity contribution in [1.29, 1.82) is 0 Å². The number of hydrogen-bond acceptors (Lipinski definition) is 8. The summed E-state index contributed by atoms with van der Waals surface area (Å²) < 4.78 is 4.71. The minimum Gasteiger partial charge on any atom is -0.465 e. The molecular formula is C10H12N4O6. The largest absolute Gasteiger partial charge is 0.465 e. The first kappa shape index (κ1) is 15.3. The van der Waals surface area contributed by atoms with E-state index < -0.39 is 27.2 Å². The van der Waals surface area contributed by atoms with Crippen LogP contribution in [0.2, 0.25) is 0 Å². The van der Waals surface area contributed by atoms with E-state index in [0.29, 0.717) is 0 Å². The van der Waals surface area contributed by atoms with Crippen molar-refractivity contribution < 1.29 is 19.4 Å². The standard InChI is InChI=1S/C10H12N4O6/c1-3-20-9(15)6-12(2)10-8(14(18)19)4-7(5-11-10)13(16)17/h4-5H,3,6H2,1-2H3. The average molecular weight is 284 g/mol. The second-order valence-electron chi connectivity index (χ2n) is 3.71. The van der Waals surface area contributed by atoms with Crippen LogP contribution in [0.1, 0.15) is 6.92 Å². The van der Waals surface area contributed by atoms with Crippen molar-refractivity contribution in [3.05, 3.63) is 32.5 Å². The Morgan fingerprint density at radius 2 is 2.05 bits per heavy atom. The van der Waals surface area contributed by atoms with Gasteiger partial charge in [-0.15, -0.1) is 0 Å². The van der Waals surface area contributed by atoms with Crippen molar-refractivity contribution in [2.75, 3.05) is 25.1 Å². The zero-order valence-electron chi connectivity index (χ0n) is 10.8. The number of nitro groups is 2. The lowest BCUT2D eigenvalue weighted by atomic mass is 10.3. The Morgan fingerprint density at radius 1 is 1.40 bits per heavy atom. The molecule has 0 unspecified atom stereocenters. The van der Waals surface area contributed by atoms with E-state index in [4.69, 9.17) is 4.74 Å². The first-order valence-electron chi connectivity index (χ1n) is 5.52. The van der Waals surface area contributed by atoms with Crippen molar-refractivity contribution >= 4 is 23.2 Å². The molecule has 1 aromatic rings. The number of nitrogens with zero attached hydrogens (tertiary/aromatic N) is 4. The summed E-state index contributed by atoms with van der Waals surface area (Å²) in [6.45, 7) is 1.56. The normalized spacial score (nSPS) is 9.90. The number of pyridine rings is 1. The van der Waals surface area contributed by atoms with Gasteiger partial charge in [0.15, 0.2) is 0 Å². The smallest absolute Gasteiger partial charge is 0.325 e. The maximum atomic E-state index is 11.3. The molecule has 0 saturated carbocycles. The molecule has 10 nitrogen and oxygen atoms in total. The highest BCUT2D eigenvalue weighted by Crippen LogP contribution is 2.28. The lowest BCUT2D eigenvalue weighted by Gasteiger charge is -2.16. The molecule has 0 aliphatic rings. The van der Waals surface area contributed by atoms with E-state index in [1.54, 1.807) is 6.92 Å². The number of rotatable bonds is 6. The maximum absolute atomic E-state index is 11.3. The van der Waals surface area contributed by atoms with Crippen LogP contribution in [-0.2, 0) is 9.53 Å². The number of hydrogen-bond donors (Lipinski definition) is 0. The van der Waals surface area contributed by atoms with Crippen molar-refractivity contribution in [2.24, 2.45) is 0 Å². The quantitative estimate of drug-likeness (QED) is 0.428. The number of carbonyl (C=O) groups is 1. The third-order valence-corrected chi connectivity index (χ3v) is 2.27. The molecule has 0 aliphatic heterocycles. The van der Waals surface area contributed by atoms with Gasteiger partial charge in [-0.3, -0.25) is 25.0 Å². The summed E-state index contributed by atoms with van der Waals surface area (Å²) in [5, 5.41) is 21.5. The Morgan fingerprint density at radius 3 is 2.55 bits per heavy atom. The second-order valence-corrected chi connectivity index (χ2v) is 3.71. The molecule has 0 saturated heterocycles. The van der Waals surface area contributed by atoms with E-state index in [0.717, 1.165) is 12.3 Å². The molecule has 1 rings (SSSR count). The van der Waals surface area contributed by atoms with E-state index in [1.165, 1.54) is 11.9 Å². The molecule has 0 radical (unpaired) electrons. The van der Waals surface area contributed by atoms with Crippen molar-refractivity contribution in [3.63, 3.8) is 0 Å². The second kappa shape index (κ2) is 6.41. The third kappa shape index (κ3) is 3.60. The minimum atomic E-state index is -0.795. The molecule has 1 aromatic heterocycles. The van der Waals surface area contributed by atoms with Crippen molar-refractivity contribution in [2.45, 2.75) is 6.92 Å². The van der Waals surface area contributed by atoms with Crippen LogP contribution in [0.5, 0.6) is 0 Å². The number of anilines is 1. The molecule has 1 heterocycles. The van der Waals surface area contributed by atoms with Crippen molar-refractivity contribution in [1.82, 2.24) is 4.98 Å². The van der Waals surface area contributed by atoms with Gasteiger partial charge in [0.25, 0.3) is 5.69 Å². The van der Waals surface area contributed by atoms with Gasteiger partial charge in [-0.2, -0.15) is 0 Å². The van der Waals surface area contributed by atoms with Gasteiger partial charge in [-0.05, 0) is 6.92 Å². The molecule has 0 fully saturated rings. The molecule has 0 amide bonds. The van der Waals surface area contributed by atoms with Gasteiger partial charge < -0.3 is 9.64 Å². The first-order valence-corrected chi connectivity index (χ1v) is 5.52. The fourth-order valence-corrected chi connectivity index (χ4v) is 1.44. The number of carbonyl (C=O) groups excluding carboxylic acids is 1. The summed E-state index contributed by atoms with van der Waals surface area (Å²) in [6, 6.07) is 0.796. The topological polar surface area (TPSA) is 129 Å².